The van der Waals surface area contributed by atoms with Gasteiger partial charge in [-0.15, -0.1) is 0 Å². The summed E-state index contributed by atoms with van der Waals surface area (Å²) in [6.45, 7) is 5.65. The van der Waals surface area contributed by atoms with Crippen molar-refractivity contribution in [3.8, 4) is 11.1 Å². The Bertz CT molecular complexity index is 1110. The van der Waals surface area contributed by atoms with Gasteiger partial charge >= 0.3 is 0 Å². The molecule has 2 amide bonds. The van der Waals surface area contributed by atoms with E-state index in [4.69, 9.17) is 0 Å². The second-order valence-corrected chi connectivity index (χ2v) is 8.91. The molecule has 1 fully saturated rings. The van der Waals surface area contributed by atoms with Gasteiger partial charge in [-0.1, -0.05) is 54.1 Å². The highest BCUT2D eigenvalue weighted by molar-refractivity contribution is 5.95. The molecule has 5 nitrogen and oxygen atoms in total. The number of rotatable bonds is 6. The van der Waals surface area contributed by atoms with E-state index >= 15 is 0 Å². The Morgan fingerprint density at radius 3 is 2.48 bits per heavy atom. The smallest absolute Gasteiger partial charge is 0.253 e. The number of carbonyl (C=O) groups excluding carboxylic acids is 2. The van der Waals surface area contributed by atoms with Crippen LogP contribution >= 0.6 is 0 Å². The van der Waals surface area contributed by atoms with Gasteiger partial charge in [-0.05, 0) is 61.9 Å². The molecule has 5 heteroatoms. The number of aromatic nitrogens is 1. The van der Waals surface area contributed by atoms with Crippen LogP contribution in [-0.2, 0) is 11.2 Å². The number of nitrogens with zero attached hydrogens (tertiary/aromatic N) is 2. The van der Waals surface area contributed by atoms with Gasteiger partial charge in [0.1, 0.15) is 0 Å². The highest BCUT2D eigenvalue weighted by atomic mass is 16.2. The van der Waals surface area contributed by atoms with Crippen LogP contribution in [0.1, 0.15) is 41.3 Å². The fraction of sp³-hybridized carbons (Fsp3) is 0.321. The lowest BCUT2D eigenvalue weighted by Crippen LogP contribution is -2.54. The third-order valence-corrected chi connectivity index (χ3v) is 6.52. The van der Waals surface area contributed by atoms with Crippen LogP contribution in [-0.4, -0.2) is 41.3 Å². The molecule has 0 aliphatic carbocycles. The van der Waals surface area contributed by atoms with E-state index in [1.54, 1.807) is 24.5 Å². The number of likely N-dealkylation sites (tertiary alicyclic amines) is 1. The monoisotopic (exact) mass is 441 g/mol. The van der Waals surface area contributed by atoms with E-state index in [0.717, 1.165) is 29.5 Å². The lowest BCUT2D eigenvalue weighted by atomic mass is 9.73. The number of benzene rings is 2. The second kappa shape index (κ2) is 9.99. The predicted molar refractivity (Wildman–Crippen MR) is 131 cm³/mol. The molecule has 0 saturated carbocycles. The van der Waals surface area contributed by atoms with E-state index in [-0.39, 0.29) is 11.8 Å². The lowest BCUT2D eigenvalue weighted by Gasteiger charge is -2.42. The van der Waals surface area contributed by atoms with Crippen LogP contribution in [0.25, 0.3) is 11.1 Å². The Morgan fingerprint density at radius 1 is 1.03 bits per heavy atom. The number of amides is 2. The van der Waals surface area contributed by atoms with Crippen molar-refractivity contribution >= 4 is 11.8 Å². The van der Waals surface area contributed by atoms with Gasteiger partial charge in [-0.3, -0.25) is 14.6 Å². The maximum atomic E-state index is 13.5. The summed E-state index contributed by atoms with van der Waals surface area (Å²) in [7, 11) is 0. The number of pyridine rings is 1. The van der Waals surface area contributed by atoms with Crippen molar-refractivity contribution in [2.75, 3.05) is 19.6 Å². The second-order valence-electron chi connectivity index (χ2n) is 8.91. The Morgan fingerprint density at radius 2 is 1.76 bits per heavy atom. The van der Waals surface area contributed by atoms with Gasteiger partial charge in [0.15, 0.2) is 0 Å². The highest BCUT2D eigenvalue weighted by Gasteiger charge is 2.43. The van der Waals surface area contributed by atoms with E-state index in [9.17, 15) is 9.59 Å². The van der Waals surface area contributed by atoms with Crippen molar-refractivity contribution in [2.45, 2.75) is 33.1 Å². The molecule has 1 aliphatic heterocycles. The third-order valence-electron chi connectivity index (χ3n) is 6.52. The zero-order valence-electron chi connectivity index (χ0n) is 19.4. The minimum atomic E-state index is -0.669. The Kier molecular flexibility index (Phi) is 6.87. The third kappa shape index (κ3) is 4.98. The number of hydrogen-bond donors (Lipinski definition) is 1. The highest BCUT2D eigenvalue weighted by Crippen LogP contribution is 2.37. The lowest BCUT2D eigenvalue weighted by molar-refractivity contribution is -0.133. The van der Waals surface area contributed by atoms with E-state index in [1.807, 2.05) is 24.0 Å². The molecule has 1 unspecified atom stereocenters. The van der Waals surface area contributed by atoms with E-state index in [1.165, 1.54) is 5.56 Å². The summed E-state index contributed by atoms with van der Waals surface area (Å²) in [6.07, 6.45) is 5.39. The van der Waals surface area contributed by atoms with Crippen molar-refractivity contribution in [1.29, 1.82) is 0 Å². The molecule has 0 bridgehead atoms. The molecule has 3 aromatic rings. The summed E-state index contributed by atoms with van der Waals surface area (Å²) in [5.74, 6) is -0.0199. The molecule has 2 heterocycles. The zero-order valence-corrected chi connectivity index (χ0v) is 19.4. The average molecular weight is 442 g/mol. The van der Waals surface area contributed by atoms with Crippen LogP contribution in [0, 0.1) is 12.3 Å². The van der Waals surface area contributed by atoms with Crippen LogP contribution < -0.4 is 5.32 Å². The molecule has 1 N–H and O–H groups in total. The van der Waals surface area contributed by atoms with Crippen molar-refractivity contribution < 1.29 is 9.59 Å². The van der Waals surface area contributed by atoms with Crippen LogP contribution in [0.4, 0.5) is 0 Å². The SMILES string of the molecule is CCNC(=O)C1(Cc2ccccc2-c2ccc(C)cc2)CCCN(C(=O)c2ccncc2)C1. The molecule has 170 valence electrons. The first kappa shape index (κ1) is 22.7. The molecule has 1 aromatic heterocycles. The standard InChI is InChI=1S/C28H31N3O2/c1-3-30-27(33)28(15-6-18-31(20-28)26(32)23-13-16-29-17-14-23)19-24-7-4-5-8-25(24)22-11-9-21(2)10-12-22/h4-5,7-14,16-17H,3,6,15,18-20H2,1-2H3,(H,30,33). The summed E-state index contributed by atoms with van der Waals surface area (Å²) < 4.78 is 0. The van der Waals surface area contributed by atoms with E-state index in [2.05, 4.69) is 53.6 Å². The number of nitrogens with one attached hydrogen (secondary N) is 1. The fourth-order valence-electron chi connectivity index (χ4n) is 4.79. The van der Waals surface area contributed by atoms with Crippen molar-refractivity contribution in [1.82, 2.24) is 15.2 Å². The predicted octanol–water partition coefficient (Wildman–Crippen LogP) is 4.66. The van der Waals surface area contributed by atoms with Crippen LogP contribution in [0.5, 0.6) is 0 Å². The zero-order chi connectivity index (χ0) is 23.3. The first-order valence-corrected chi connectivity index (χ1v) is 11.6. The maximum absolute atomic E-state index is 13.5. The van der Waals surface area contributed by atoms with Gasteiger partial charge in [0, 0.05) is 37.6 Å². The quantitative estimate of drug-likeness (QED) is 0.605. The number of aryl methyl sites for hydroxylation is 1. The van der Waals surface area contributed by atoms with Crippen LogP contribution in [0.15, 0.2) is 73.1 Å². The van der Waals surface area contributed by atoms with Gasteiger partial charge in [0.25, 0.3) is 5.91 Å². The number of piperidine rings is 1. The Hall–Kier alpha value is -3.47. The van der Waals surface area contributed by atoms with Gasteiger partial charge in [0.05, 0.1) is 5.41 Å². The summed E-state index contributed by atoms with van der Waals surface area (Å²) in [4.78, 5) is 32.5. The first-order chi connectivity index (χ1) is 16.0. The van der Waals surface area contributed by atoms with E-state index < -0.39 is 5.41 Å². The van der Waals surface area contributed by atoms with E-state index in [0.29, 0.717) is 31.6 Å². The molecular formula is C28H31N3O2. The Labute approximate surface area is 195 Å². The van der Waals surface area contributed by atoms with Crippen molar-refractivity contribution in [3.05, 3.63) is 89.7 Å². The molecule has 0 spiro atoms. The fourth-order valence-corrected chi connectivity index (χ4v) is 4.79. The van der Waals surface area contributed by atoms with Crippen molar-refractivity contribution in [2.24, 2.45) is 5.41 Å². The topological polar surface area (TPSA) is 62.3 Å². The summed E-state index contributed by atoms with van der Waals surface area (Å²) >= 11 is 0. The van der Waals surface area contributed by atoms with Crippen molar-refractivity contribution in [3.63, 3.8) is 0 Å². The largest absolute Gasteiger partial charge is 0.356 e. The molecule has 1 aliphatic rings. The maximum Gasteiger partial charge on any atom is 0.253 e. The average Bonchev–Trinajstić information content (AvgIpc) is 2.85. The molecule has 2 aromatic carbocycles. The van der Waals surface area contributed by atoms with Crippen LogP contribution in [0.2, 0.25) is 0 Å². The van der Waals surface area contributed by atoms with Gasteiger partial charge in [0.2, 0.25) is 5.91 Å². The number of hydrogen-bond acceptors (Lipinski definition) is 3. The van der Waals surface area contributed by atoms with Gasteiger partial charge in [-0.2, -0.15) is 0 Å². The summed E-state index contributed by atoms with van der Waals surface area (Å²) in [5, 5.41) is 3.06. The first-order valence-electron chi connectivity index (χ1n) is 11.6. The molecule has 1 atom stereocenters. The van der Waals surface area contributed by atoms with Gasteiger partial charge in [-0.25, -0.2) is 0 Å². The molecule has 1 saturated heterocycles. The molecular weight excluding hydrogens is 410 g/mol. The van der Waals surface area contributed by atoms with Gasteiger partial charge < -0.3 is 10.2 Å². The Balaban J connectivity index is 1.68. The minimum Gasteiger partial charge on any atom is -0.356 e. The summed E-state index contributed by atoms with van der Waals surface area (Å²) in [6, 6.07) is 20.3. The normalized spacial score (nSPS) is 18.1. The molecule has 4 rings (SSSR count). The summed E-state index contributed by atoms with van der Waals surface area (Å²) in [5.41, 5.74) is 4.56. The van der Waals surface area contributed by atoms with Crippen LogP contribution in [0.3, 0.4) is 0 Å². The molecule has 33 heavy (non-hydrogen) atoms. The molecule has 0 radical (unpaired) electrons. The number of carbonyl (C=O) groups is 2. The minimum absolute atomic E-state index is 0.0240.